The number of hydrogen-bond donors (Lipinski definition) is 2. The van der Waals surface area contributed by atoms with Crippen LogP contribution in [0.25, 0.3) is 0 Å². The summed E-state index contributed by atoms with van der Waals surface area (Å²) in [6.07, 6.45) is 7.92. The average molecular weight is 415 g/mol. The molecule has 1 aliphatic carbocycles. The van der Waals surface area contributed by atoms with Gasteiger partial charge in [0.15, 0.2) is 0 Å². The first kappa shape index (κ1) is 20.4. The van der Waals surface area contributed by atoms with Crippen LogP contribution in [-0.4, -0.2) is 61.7 Å². The van der Waals surface area contributed by atoms with Gasteiger partial charge in [-0.2, -0.15) is 10.2 Å². The zero-order chi connectivity index (χ0) is 21.3. The fourth-order valence-corrected chi connectivity index (χ4v) is 4.16. The largest absolute Gasteiger partial charge is 0.372 e. The molecule has 4 rings (SSSR count). The van der Waals surface area contributed by atoms with Crippen molar-refractivity contribution in [1.29, 1.82) is 0 Å². The fraction of sp³-hybridized carbons (Fsp3) is 0.600. The van der Waals surface area contributed by atoms with Gasteiger partial charge in [0.1, 0.15) is 6.54 Å². The Bertz CT molecular complexity index is 933. The molecule has 0 radical (unpaired) electrons. The van der Waals surface area contributed by atoms with E-state index < -0.39 is 0 Å². The number of amides is 3. The number of morpholine rings is 1. The van der Waals surface area contributed by atoms with E-state index in [0.29, 0.717) is 25.4 Å². The SMILES string of the molecule is Cn1ncc2c1CCC[C@H]2NC(=O)Nc1cnn(CC(=O)N2CCOC(C)(C)C2)c1. The molecule has 10 heteroatoms. The van der Waals surface area contributed by atoms with Crippen molar-refractivity contribution in [3.63, 3.8) is 0 Å². The van der Waals surface area contributed by atoms with Crippen LogP contribution >= 0.6 is 0 Å². The number of rotatable bonds is 4. The molecular formula is C20H29N7O3. The van der Waals surface area contributed by atoms with Gasteiger partial charge in [-0.25, -0.2) is 4.79 Å². The van der Waals surface area contributed by atoms with Crippen LogP contribution in [0, 0.1) is 0 Å². The molecule has 1 aliphatic heterocycles. The number of urea groups is 1. The van der Waals surface area contributed by atoms with E-state index in [1.807, 2.05) is 31.8 Å². The zero-order valence-electron chi connectivity index (χ0n) is 17.7. The second-order valence-corrected chi connectivity index (χ2v) is 8.56. The first-order valence-corrected chi connectivity index (χ1v) is 10.3. The number of aromatic nitrogens is 4. The van der Waals surface area contributed by atoms with Gasteiger partial charge in [-0.15, -0.1) is 0 Å². The van der Waals surface area contributed by atoms with Crippen molar-refractivity contribution in [3.8, 4) is 0 Å². The standard InChI is InChI=1S/C20H29N7O3/c1-20(2)13-26(7-8-30-20)18(28)12-27-11-14(9-22-27)23-19(29)24-16-5-4-6-17-15(16)10-21-25(17)3/h9-11,16H,4-8,12-13H2,1-3H3,(H2,23,24,29)/t16-/m1/s1. The van der Waals surface area contributed by atoms with Crippen LogP contribution in [0.15, 0.2) is 18.6 Å². The Hall–Kier alpha value is -2.88. The lowest BCUT2D eigenvalue weighted by Gasteiger charge is -2.38. The van der Waals surface area contributed by atoms with Crippen molar-refractivity contribution in [2.75, 3.05) is 25.0 Å². The normalized spacial score (nSPS) is 20.5. The maximum atomic E-state index is 12.6. The van der Waals surface area contributed by atoms with E-state index in [-0.39, 0.29) is 30.1 Å². The minimum Gasteiger partial charge on any atom is -0.372 e. The fourth-order valence-electron chi connectivity index (χ4n) is 4.16. The van der Waals surface area contributed by atoms with Gasteiger partial charge < -0.3 is 20.3 Å². The number of nitrogens with zero attached hydrogens (tertiary/aromatic N) is 5. The summed E-state index contributed by atoms with van der Waals surface area (Å²) in [7, 11) is 1.93. The molecule has 1 fully saturated rings. The highest BCUT2D eigenvalue weighted by Crippen LogP contribution is 2.29. The number of anilines is 1. The minimum atomic E-state index is -0.337. The van der Waals surface area contributed by atoms with E-state index in [1.165, 1.54) is 5.69 Å². The molecule has 2 aromatic rings. The topological polar surface area (TPSA) is 106 Å². The Morgan fingerprint density at radius 1 is 1.30 bits per heavy atom. The highest BCUT2D eigenvalue weighted by molar-refractivity contribution is 5.89. The molecule has 30 heavy (non-hydrogen) atoms. The minimum absolute atomic E-state index is 0.0169. The van der Waals surface area contributed by atoms with E-state index in [0.717, 1.165) is 24.8 Å². The van der Waals surface area contributed by atoms with Crippen LogP contribution in [0.2, 0.25) is 0 Å². The summed E-state index contributed by atoms with van der Waals surface area (Å²) in [5.41, 5.74) is 2.46. The molecule has 3 amide bonds. The lowest BCUT2D eigenvalue weighted by molar-refractivity contribution is -0.146. The molecule has 1 saturated heterocycles. The van der Waals surface area contributed by atoms with E-state index in [2.05, 4.69) is 20.8 Å². The lowest BCUT2D eigenvalue weighted by atomic mass is 9.93. The molecule has 0 aromatic carbocycles. The molecule has 162 valence electrons. The Morgan fingerprint density at radius 3 is 2.93 bits per heavy atom. The summed E-state index contributed by atoms with van der Waals surface area (Å²) in [5, 5.41) is 14.3. The van der Waals surface area contributed by atoms with E-state index >= 15 is 0 Å². The molecule has 3 heterocycles. The summed E-state index contributed by atoms with van der Waals surface area (Å²) in [6.45, 7) is 5.74. The zero-order valence-corrected chi connectivity index (χ0v) is 17.7. The third-order valence-corrected chi connectivity index (χ3v) is 5.65. The molecule has 0 bridgehead atoms. The van der Waals surface area contributed by atoms with E-state index in [4.69, 9.17) is 4.74 Å². The molecule has 10 nitrogen and oxygen atoms in total. The third-order valence-electron chi connectivity index (χ3n) is 5.65. The van der Waals surface area contributed by atoms with E-state index in [9.17, 15) is 9.59 Å². The maximum Gasteiger partial charge on any atom is 0.319 e. The highest BCUT2D eigenvalue weighted by Gasteiger charge is 2.30. The Labute approximate surface area is 175 Å². The average Bonchev–Trinajstić information content (AvgIpc) is 3.28. The predicted octanol–water partition coefficient (Wildman–Crippen LogP) is 1.45. The Morgan fingerprint density at radius 2 is 2.13 bits per heavy atom. The molecule has 2 N–H and O–H groups in total. The van der Waals surface area contributed by atoms with Crippen molar-refractivity contribution in [1.82, 2.24) is 29.8 Å². The number of carbonyl (C=O) groups is 2. The molecule has 2 aliphatic rings. The van der Waals surface area contributed by atoms with Gasteiger partial charge in [0, 0.05) is 37.6 Å². The first-order valence-electron chi connectivity index (χ1n) is 10.3. The van der Waals surface area contributed by atoms with E-state index in [1.54, 1.807) is 22.0 Å². The molecule has 0 spiro atoms. The van der Waals surface area contributed by atoms with Gasteiger partial charge in [0.25, 0.3) is 0 Å². The van der Waals surface area contributed by atoms with Crippen LogP contribution in [0.3, 0.4) is 0 Å². The summed E-state index contributed by atoms with van der Waals surface area (Å²) in [5.74, 6) is -0.0169. The third kappa shape index (κ3) is 4.48. The number of nitrogens with one attached hydrogen (secondary N) is 2. The smallest absolute Gasteiger partial charge is 0.319 e. The van der Waals surface area contributed by atoms with Gasteiger partial charge in [0.05, 0.1) is 36.3 Å². The quantitative estimate of drug-likeness (QED) is 0.786. The predicted molar refractivity (Wildman–Crippen MR) is 110 cm³/mol. The van der Waals surface area contributed by atoms with Crippen LogP contribution in [0.5, 0.6) is 0 Å². The number of hydrogen-bond acceptors (Lipinski definition) is 5. The van der Waals surface area contributed by atoms with Gasteiger partial charge in [-0.05, 0) is 33.1 Å². The van der Waals surface area contributed by atoms with Gasteiger partial charge in [-0.1, -0.05) is 0 Å². The Kier molecular flexibility index (Phi) is 5.50. The molecule has 0 unspecified atom stereocenters. The molecule has 1 atom stereocenters. The first-order chi connectivity index (χ1) is 14.3. The summed E-state index contributed by atoms with van der Waals surface area (Å²) >= 11 is 0. The monoisotopic (exact) mass is 415 g/mol. The van der Waals surface area contributed by atoms with Crippen molar-refractivity contribution in [2.24, 2.45) is 7.05 Å². The van der Waals surface area contributed by atoms with Crippen molar-refractivity contribution >= 4 is 17.6 Å². The van der Waals surface area contributed by atoms with Crippen molar-refractivity contribution < 1.29 is 14.3 Å². The molecular weight excluding hydrogens is 386 g/mol. The second kappa shape index (κ2) is 8.10. The lowest BCUT2D eigenvalue weighted by Crippen LogP contribution is -2.51. The van der Waals surface area contributed by atoms with Crippen LogP contribution in [0.4, 0.5) is 10.5 Å². The summed E-state index contributed by atoms with van der Waals surface area (Å²) in [4.78, 5) is 26.8. The number of ether oxygens (including phenoxy) is 1. The maximum absolute atomic E-state index is 12.6. The Balaban J connectivity index is 1.31. The number of fused-ring (bicyclic) bond motifs is 1. The van der Waals surface area contributed by atoms with Crippen molar-refractivity contribution in [2.45, 2.75) is 51.3 Å². The molecule has 0 saturated carbocycles. The van der Waals surface area contributed by atoms with Crippen LogP contribution in [0.1, 0.15) is 44.0 Å². The van der Waals surface area contributed by atoms with Crippen LogP contribution < -0.4 is 10.6 Å². The molecule has 2 aromatic heterocycles. The summed E-state index contributed by atoms with van der Waals surface area (Å²) < 4.78 is 9.07. The van der Waals surface area contributed by atoms with Gasteiger partial charge in [0.2, 0.25) is 5.91 Å². The summed E-state index contributed by atoms with van der Waals surface area (Å²) in [6, 6.07) is -0.346. The number of aryl methyl sites for hydroxylation is 1. The van der Waals surface area contributed by atoms with Gasteiger partial charge in [-0.3, -0.25) is 14.2 Å². The number of carbonyl (C=O) groups excluding carboxylic acids is 2. The van der Waals surface area contributed by atoms with Crippen LogP contribution in [-0.2, 0) is 29.5 Å². The highest BCUT2D eigenvalue weighted by atomic mass is 16.5. The van der Waals surface area contributed by atoms with Crippen molar-refractivity contribution in [3.05, 3.63) is 29.8 Å². The second-order valence-electron chi connectivity index (χ2n) is 8.56. The van der Waals surface area contributed by atoms with Gasteiger partial charge >= 0.3 is 6.03 Å².